The molecule has 1 unspecified atom stereocenters. The standard InChI is InChI=1S/C9H13N5O2S/c1-5(15)17-6-3-7(16)14(4-6)9-11-8(10)13(2)12-9/h6H,3-4H2,1-2H3,(H2,10,11,12). The second kappa shape index (κ2) is 4.36. The number of carbonyl (C=O) groups is 2. The van der Waals surface area contributed by atoms with Crippen LogP contribution in [0.15, 0.2) is 0 Å². The second-order valence-electron chi connectivity index (χ2n) is 3.83. The van der Waals surface area contributed by atoms with Crippen LogP contribution in [0.3, 0.4) is 0 Å². The summed E-state index contributed by atoms with van der Waals surface area (Å²) in [5, 5.41) is 4.04. The van der Waals surface area contributed by atoms with Crippen LogP contribution in [0.1, 0.15) is 13.3 Å². The van der Waals surface area contributed by atoms with Crippen molar-refractivity contribution in [2.24, 2.45) is 7.05 Å². The average molecular weight is 255 g/mol. The highest BCUT2D eigenvalue weighted by Crippen LogP contribution is 2.27. The highest BCUT2D eigenvalue weighted by molar-refractivity contribution is 8.14. The van der Waals surface area contributed by atoms with E-state index < -0.39 is 0 Å². The summed E-state index contributed by atoms with van der Waals surface area (Å²) in [4.78, 5) is 28.2. The van der Waals surface area contributed by atoms with Crippen LogP contribution < -0.4 is 10.6 Å². The Morgan fingerprint density at radius 1 is 1.59 bits per heavy atom. The molecule has 92 valence electrons. The van der Waals surface area contributed by atoms with Crippen LogP contribution >= 0.6 is 11.8 Å². The smallest absolute Gasteiger partial charge is 0.253 e. The van der Waals surface area contributed by atoms with Gasteiger partial charge in [0.05, 0.1) is 0 Å². The Hall–Kier alpha value is -1.57. The van der Waals surface area contributed by atoms with Gasteiger partial charge in [0.2, 0.25) is 11.9 Å². The zero-order valence-corrected chi connectivity index (χ0v) is 10.4. The van der Waals surface area contributed by atoms with Crippen LogP contribution in [-0.4, -0.2) is 37.6 Å². The molecule has 0 radical (unpaired) electrons. The van der Waals surface area contributed by atoms with Crippen molar-refractivity contribution in [1.82, 2.24) is 14.8 Å². The van der Waals surface area contributed by atoms with E-state index >= 15 is 0 Å². The Morgan fingerprint density at radius 2 is 2.29 bits per heavy atom. The molecule has 0 aromatic carbocycles. The summed E-state index contributed by atoms with van der Waals surface area (Å²) in [5.74, 6) is 0.492. The van der Waals surface area contributed by atoms with Gasteiger partial charge in [-0.3, -0.25) is 14.5 Å². The Labute approximate surface area is 102 Å². The second-order valence-corrected chi connectivity index (χ2v) is 5.31. The summed E-state index contributed by atoms with van der Waals surface area (Å²) in [7, 11) is 1.66. The van der Waals surface area contributed by atoms with Gasteiger partial charge in [-0.15, -0.1) is 5.10 Å². The van der Waals surface area contributed by atoms with E-state index in [0.717, 1.165) is 0 Å². The Bertz CT molecular complexity index is 452. The molecule has 1 saturated heterocycles. The van der Waals surface area contributed by atoms with Gasteiger partial charge in [-0.1, -0.05) is 11.8 Å². The number of rotatable bonds is 2. The first kappa shape index (κ1) is 11.9. The minimum absolute atomic E-state index is 0.0122. The molecule has 1 atom stereocenters. The van der Waals surface area contributed by atoms with Crippen LogP contribution in [0, 0.1) is 0 Å². The molecule has 2 heterocycles. The third-order valence-electron chi connectivity index (χ3n) is 2.45. The van der Waals surface area contributed by atoms with E-state index in [4.69, 9.17) is 5.73 Å². The average Bonchev–Trinajstić information content (AvgIpc) is 2.71. The molecule has 1 aliphatic rings. The molecule has 1 fully saturated rings. The van der Waals surface area contributed by atoms with E-state index in [9.17, 15) is 9.59 Å². The highest BCUT2D eigenvalue weighted by Gasteiger charge is 2.34. The van der Waals surface area contributed by atoms with Crippen LogP contribution in [0.5, 0.6) is 0 Å². The minimum Gasteiger partial charge on any atom is -0.368 e. The van der Waals surface area contributed by atoms with E-state index in [1.54, 1.807) is 7.05 Å². The van der Waals surface area contributed by atoms with Gasteiger partial charge in [-0.25, -0.2) is 4.68 Å². The fourth-order valence-corrected chi connectivity index (χ4v) is 2.60. The number of carbonyl (C=O) groups excluding carboxylic acids is 2. The molecule has 1 amide bonds. The summed E-state index contributed by atoms with van der Waals surface area (Å²) in [6.07, 6.45) is 0.336. The third-order valence-corrected chi connectivity index (χ3v) is 3.43. The van der Waals surface area contributed by atoms with Gasteiger partial charge in [0.15, 0.2) is 5.12 Å². The molecule has 7 nitrogen and oxygen atoms in total. The topological polar surface area (TPSA) is 94.1 Å². The molecule has 1 aromatic heterocycles. The summed E-state index contributed by atoms with van der Waals surface area (Å²) >= 11 is 1.18. The Kier molecular flexibility index (Phi) is 3.05. The van der Waals surface area contributed by atoms with Gasteiger partial charge in [0, 0.05) is 32.2 Å². The van der Waals surface area contributed by atoms with Crippen molar-refractivity contribution in [2.75, 3.05) is 17.2 Å². The van der Waals surface area contributed by atoms with Crippen LogP contribution in [-0.2, 0) is 16.6 Å². The molecule has 0 spiro atoms. The number of aromatic nitrogens is 3. The van der Waals surface area contributed by atoms with E-state index in [1.807, 2.05) is 0 Å². The lowest BCUT2D eigenvalue weighted by Crippen LogP contribution is -2.26. The molecule has 17 heavy (non-hydrogen) atoms. The maximum absolute atomic E-state index is 11.8. The van der Waals surface area contributed by atoms with Gasteiger partial charge in [-0.2, -0.15) is 4.98 Å². The highest BCUT2D eigenvalue weighted by atomic mass is 32.2. The van der Waals surface area contributed by atoms with Crippen molar-refractivity contribution < 1.29 is 9.59 Å². The van der Waals surface area contributed by atoms with E-state index in [2.05, 4.69) is 10.1 Å². The van der Waals surface area contributed by atoms with Gasteiger partial charge < -0.3 is 5.73 Å². The quantitative estimate of drug-likeness (QED) is 0.785. The van der Waals surface area contributed by atoms with E-state index in [-0.39, 0.29) is 22.2 Å². The van der Waals surface area contributed by atoms with E-state index in [0.29, 0.717) is 18.9 Å². The first-order chi connectivity index (χ1) is 7.97. The third kappa shape index (κ3) is 2.41. The normalized spacial score (nSPS) is 20.0. The predicted molar refractivity (Wildman–Crippen MR) is 64.4 cm³/mol. The van der Waals surface area contributed by atoms with Gasteiger partial charge >= 0.3 is 0 Å². The van der Waals surface area contributed by atoms with Crippen LogP contribution in [0.2, 0.25) is 0 Å². The van der Waals surface area contributed by atoms with Crippen molar-refractivity contribution in [2.45, 2.75) is 18.6 Å². The molecule has 1 aliphatic heterocycles. The summed E-state index contributed by atoms with van der Waals surface area (Å²) in [5.41, 5.74) is 5.56. The number of hydrogen-bond donors (Lipinski definition) is 1. The molecule has 8 heteroatoms. The molecular weight excluding hydrogens is 242 g/mol. The summed E-state index contributed by atoms with van der Waals surface area (Å²) < 4.78 is 1.41. The zero-order valence-electron chi connectivity index (χ0n) is 9.58. The number of amides is 1. The number of hydrogen-bond acceptors (Lipinski definition) is 6. The molecular formula is C9H13N5O2S. The van der Waals surface area contributed by atoms with Crippen molar-refractivity contribution >= 4 is 34.7 Å². The number of thioether (sulfide) groups is 1. The van der Waals surface area contributed by atoms with Crippen molar-refractivity contribution in [3.63, 3.8) is 0 Å². The lowest BCUT2D eigenvalue weighted by atomic mass is 10.4. The molecule has 2 N–H and O–H groups in total. The lowest BCUT2D eigenvalue weighted by molar-refractivity contribution is -0.117. The number of nitrogens with zero attached hydrogens (tertiary/aromatic N) is 4. The van der Waals surface area contributed by atoms with Crippen molar-refractivity contribution in [1.29, 1.82) is 0 Å². The van der Waals surface area contributed by atoms with Gasteiger partial charge in [0.25, 0.3) is 5.95 Å². The van der Waals surface area contributed by atoms with Crippen LogP contribution in [0.4, 0.5) is 11.9 Å². The largest absolute Gasteiger partial charge is 0.368 e. The lowest BCUT2D eigenvalue weighted by Gasteiger charge is -2.10. The fourth-order valence-electron chi connectivity index (χ4n) is 1.68. The molecule has 0 saturated carbocycles. The molecule has 0 aliphatic carbocycles. The Morgan fingerprint density at radius 3 is 2.82 bits per heavy atom. The zero-order chi connectivity index (χ0) is 12.6. The molecule has 0 bridgehead atoms. The number of anilines is 2. The minimum atomic E-state index is -0.0747. The number of aryl methyl sites for hydroxylation is 1. The maximum atomic E-state index is 11.8. The monoisotopic (exact) mass is 255 g/mol. The molecule has 1 aromatic rings. The van der Waals surface area contributed by atoms with Crippen LogP contribution in [0.25, 0.3) is 0 Å². The van der Waals surface area contributed by atoms with Crippen molar-refractivity contribution in [3.8, 4) is 0 Å². The summed E-state index contributed by atoms with van der Waals surface area (Å²) in [6.45, 7) is 1.95. The Balaban J connectivity index is 2.12. The number of nitrogen functional groups attached to an aromatic ring is 1. The summed E-state index contributed by atoms with van der Waals surface area (Å²) in [6, 6.07) is 0. The first-order valence-corrected chi connectivity index (χ1v) is 5.99. The van der Waals surface area contributed by atoms with E-state index in [1.165, 1.54) is 28.3 Å². The molecule has 2 rings (SSSR count). The maximum Gasteiger partial charge on any atom is 0.253 e. The SMILES string of the molecule is CC(=O)SC1CC(=O)N(c2nc(N)n(C)n2)C1. The van der Waals surface area contributed by atoms with Crippen molar-refractivity contribution in [3.05, 3.63) is 0 Å². The fraction of sp³-hybridized carbons (Fsp3) is 0.556. The predicted octanol–water partition coefficient (Wildman–Crippen LogP) is -0.218. The number of nitrogens with two attached hydrogens (primary N) is 1. The van der Waals surface area contributed by atoms with Gasteiger partial charge in [-0.05, 0) is 0 Å². The first-order valence-electron chi connectivity index (χ1n) is 5.11. The van der Waals surface area contributed by atoms with Gasteiger partial charge in [0.1, 0.15) is 0 Å².